The van der Waals surface area contributed by atoms with E-state index in [9.17, 15) is 4.79 Å². The van der Waals surface area contributed by atoms with Gasteiger partial charge in [-0.25, -0.2) is 4.98 Å². The van der Waals surface area contributed by atoms with Gasteiger partial charge < -0.3 is 10.2 Å². The molecule has 1 aliphatic rings. The number of aromatic nitrogens is 1. The molecule has 1 saturated heterocycles. The van der Waals surface area contributed by atoms with Gasteiger partial charge in [-0.05, 0) is 42.7 Å². The molecule has 2 aromatic rings. The molecule has 1 amide bonds. The zero-order valence-electron chi connectivity index (χ0n) is 12.3. The second kappa shape index (κ2) is 6.79. The summed E-state index contributed by atoms with van der Waals surface area (Å²) in [6.45, 7) is 2.41. The Hall–Kier alpha value is -2.07. The zero-order chi connectivity index (χ0) is 15.4. The molecule has 0 saturated carbocycles. The lowest BCUT2D eigenvalue weighted by Gasteiger charge is -2.19. The van der Waals surface area contributed by atoms with Crippen LogP contribution in [0.25, 0.3) is 0 Å². The molecule has 22 heavy (non-hydrogen) atoms. The predicted octanol–water partition coefficient (Wildman–Crippen LogP) is 3.27. The lowest BCUT2D eigenvalue weighted by molar-refractivity contribution is 0.0951. The molecule has 0 unspecified atom stereocenters. The number of halogens is 1. The highest BCUT2D eigenvalue weighted by Gasteiger charge is 2.20. The molecule has 0 spiro atoms. The topological polar surface area (TPSA) is 45.2 Å². The number of hydrogen-bond donors (Lipinski definition) is 1. The van der Waals surface area contributed by atoms with Gasteiger partial charge in [-0.15, -0.1) is 0 Å². The number of benzene rings is 1. The van der Waals surface area contributed by atoms with E-state index >= 15 is 0 Å². The maximum Gasteiger partial charge on any atom is 0.255 e. The molecule has 0 radical (unpaired) electrons. The van der Waals surface area contributed by atoms with Crippen molar-refractivity contribution < 1.29 is 4.79 Å². The van der Waals surface area contributed by atoms with E-state index in [1.165, 1.54) is 0 Å². The van der Waals surface area contributed by atoms with E-state index in [0.29, 0.717) is 17.1 Å². The Morgan fingerprint density at radius 1 is 1.18 bits per heavy atom. The van der Waals surface area contributed by atoms with E-state index in [4.69, 9.17) is 11.6 Å². The van der Waals surface area contributed by atoms with Gasteiger partial charge in [0.2, 0.25) is 0 Å². The number of anilines is 1. The maximum absolute atomic E-state index is 12.5. The molecule has 1 N–H and O–H groups in total. The summed E-state index contributed by atoms with van der Waals surface area (Å²) in [4.78, 5) is 19.0. The van der Waals surface area contributed by atoms with Crippen molar-refractivity contribution in [2.24, 2.45) is 0 Å². The molecule has 1 aliphatic heterocycles. The highest BCUT2D eigenvalue weighted by Crippen LogP contribution is 2.21. The molecule has 0 aliphatic carbocycles. The average Bonchev–Trinajstić information content (AvgIpc) is 3.08. The fourth-order valence-electron chi connectivity index (χ4n) is 2.63. The van der Waals surface area contributed by atoms with Crippen LogP contribution in [0.2, 0.25) is 5.02 Å². The first-order chi connectivity index (χ1) is 10.7. The molecule has 3 rings (SSSR count). The summed E-state index contributed by atoms with van der Waals surface area (Å²) < 4.78 is 0. The molecule has 1 aromatic carbocycles. The summed E-state index contributed by atoms with van der Waals surface area (Å²) in [7, 11) is 0. The largest absolute Gasteiger partial charge is 0.356 e. The van der Waals surface area contributed by atoms with Crippen LogP contribution in [-0.4, -0.2) is 24.0 Å². The predicted molar refractivity (Wildman–Crippen MR) is 88.3 cm³/mol. The Morgan fingerprint density at radius 2 is 1.91 bits per heavy atom. The van der Waals surface area contributed by atoms with E-state index in [2.05, 4.69) is 15.2 Å². The maximum atomic E-state index is 12.5. The van der Waals surface area contributed by atoms with Crippen molar-refractivity contribution in [3.05, 3.63) is 58.7 Å². The van der Waals surface area contributed by atoms with Gasteiger partial charge in [0.25, 0.3) is 5.91 Å². The zero-order valence-corrected chi connectivity index (χ0v) is 13.0. The fraction of sp³-hybridized carbons (Fsp3) is 0.294. The van der Waals surface area contributed by atoms with E-state index < -0.39 is 0 Å². The van der Waals surface area contributed by atoms with Crippen molar-refractivity contribution >= 4 is 23.3 Å². The second-order valence-electron chi connectivity index (χ2n) is 5.38. The van der Waals surface area contributed by atoms with Gasteiger partial charge in [0.15, 0.2) is 0 Å². The molecule has 2 heterocycles. The minimum atomic E-state index is -0.0926. The summed E-state index contributed by atoms with van der Waals surface area (Å²) in [6.07, 6.45) is 4.05. The molecule has 4 nitrogen and oxygen atoms in total. The normalized spacial score (nSPS) is 14.1. The minimum Gasteiger partial charge on any atom is -0.356 e. The van der Waals surface area contributed by atoms with Gasteiger partial charge >= 0.3 is 0 Å². The van der Waals surface area contributed by atoms with Crippen molar-refractivity contribution in [3.63, 3.8) is 0 Å². The van der Waals surface area contributed by atoms with E-state index in [0.717, 1.165) is 37.3 Å². The van der Waals surface area contributed by atoms with Crippen molar-refractivity contribution in [1.29, 1.82) is 0 Å². The van der Waals surface area contributed by atoms with Gasteiger partial charge in [-0.2, -0.15) is 0 Å². The molecule has 5 heteroatoms. The number of carbonyl (C=O) groups excluding carboxylic acids is 1. The van der Waals surface area contributed by atoms with Crippen LogP contribution in [-0.2, 0) is 6.54 Å². The Kier molecular flexibility index (Phi) is 4.59. The average molecular weight is 316 g/mol. The number of amides is 1. The van der Waals surface area contributed by atoms with Gasteiger partial charge in [0.05, 0.1) is 5.56 Å². The Morgan fingerprint density at radius 3 is 2.64 bits per heavy atom. The molecule has 114 valence electrons. The minimum absolute atomic E-state index is 0.0926. The van der Waals surface area contributed by atoms with Gasteiger partial charge in [0, 0.05) is 30.9 Å². The van der Waals surface area contributed by atoms with Crippen LogP contribution < -0.4 is 10.2 Å². The van der Waals surface area contributed by atoms with Crippen molar-refractivity contribution in [1.82, 2.24) is 10.3 Å². The third-order valence-corrected chi connectivity index (χ3v) is 4.06. The molecule has 0 bridgehead atoms. The standard InChI is InChI=1S/C17H18ClN3O/c18-14-7-5-13(6-8-14)12-20-17(22)15-4-3-9-19-16(15)21-10-1-2-11-21/h3-9H,1-2,10-12H2,(H,20,22). The monoisotopic (exact) mass is 315 g/mol. The highest BCUT2D eigenvalue weighted by molar-refractivity contribution is 6.30. The smallest absolute Gasteiger partial charge is 0.255 e. The highest BCUT2D eigenvalue weighted by atomic mass is 35.5. The number of carbonyl (C=O) groups is 1. The number of nitrogens with one attached hydrogen (secondary N) is 1. The third-order valence-electron chi connectivity index (χ3n) is 3.80. The summed E-state index contributed by atoms with van der Waals surface area (Å²) in [5.41, 5.74) is 1.66. The number of hydrogen-bond acceptors (Lipinski definition) is 3. The van der Waals surface area contributed by atoms with E-state index in [-0.39, 0.29) is 5.91 Å². The number of pyridine rings is 1. The number of nitrogens with zero attached hydrogens (tertiary/aromatic N) is 2. The first-order valence-corrected chi connectivity index (χ1v) is 7.84. The van der Waals surface area contributed by atoms with Gasteiger partial charge in [-0.3, -0.25) is 4.79 Å². The van der Waals surface area contributed by atoms with Crippen LogP contribution in [0.3, 0.4) is 0 Å². The number of rotatable bonds is 4. The van der Waals surface area contributed by atoms with Crippen LogP contribution >= 0.6 is 11.6 Å². The second-order valence-corrected chi connectivity index (χ2v) is 5.81. The molecule has 1 aromatic heterocycles. The van der Waals surface area contributed by atoms with E-state index in [1.54, 1.807) is 12.3 Å². The van der Waals surface area contributed by atoms with Crippen LogP contribution in [0, 0.1) is 0 Å². The molecular weight excluding hydrogens is 298 g/mol. The van der Waals surface area contributed by atoms with Crippen LogP contribution in [0.15, 0.2) is 42.6 Å². The van der Waals surface area contributed by atoms with Crippen LogP contribution in [0.5, 0.6) is 0 Å². The molecule has 1 fully saturated rings. The summed E-state index contributed by atoms with van der Waals surface area (Å²) in [5, 5.41) is 3.64. The quantitative estimate of drug-likeness (QED) is 0.942. The van der Waals surface area contributed by atoms with Gasteiger partial charge in [0.1, 0.15) is 5.82 Å². The van der Waals surface area contributed by atoms with Crippen molar-refractivity contribution in [2.45, 2.75) is 19.4 Å². The first-order valence-electron chi connectivity index (χ1n) is 7.46. The summed E-state index contributed by atoms with van der Waals surface area (Å²) in [6, 6.07) is 11.1. The Balaban J connectivity index is 1.70. The molecule has 0 atom stereocenters. The van der Waals surface area contributed by atoms with E-state index in [1.807, 2.05) is 30.3 Å². The molecular formula is C17H18ClN3O. The SMILES string of the molecule is O=C(NCc1ccc(Cl)cc1)c1cccnc1N1CCCC1. The van der Waals surface area contributed by atoms with Crippen LogP contribution in [0.4, 0.5) is 5.82 Å². The van der Waals surface area contributed by atoms with Crippen LogP contribution in [0.1, 0.15) is 28.8 Å². The lowest BCUT2D eigenvalue weighted by atomic mass is 10.2. The lowest BCUT2D eigenvalue weighted by Crippen LogP contribution is -2.27. The van der Waals surface area contributed by atoms with Crippen molar-refractivity contribution in [2.75, 3.05) is 18.0 Å². The summed E-state index contributed by atoms with van der Waals surface area (Å²) >= 11 is 5.86. The Labute approximate surface area is 135 Å². The summed E-state index contributed by atoms with van der Waals surface area (Å²) in [5.74, 6) is 0.693. The third kappa shape index (κ3) is 3.39. The first kappa shape index (κ1) is 14.9. The Bertz CT molecular complexity index is 651. The van der Waals surface area contributed by atoms with Gasteiger partial charge in [-0.1, -0.05) is 23.7 Å². The fourth-order valence-corrected chi connectivity index (χ4v) is 2.76. The van der Waals surface area contributed by atoms with Crippen molar-refractivity contribution in [3.8, 4) is 0 Å².